The summed E-state index contributed by atoms with van der Waals surface area (Å²) >= 11 is 0. The van der Waals surface area contributed by atoms with E-state index in [4.69, 9.17) is 14.2 Å². The molecule has 2 aromatic carbocycles. The lowest BCUT2D eigenvalue weighted by Gasteiger charge is -2.10. The van der Waals surface area contributed by atoms with Gasteiger partial charge in [0.25, 0.3) is 5.91 Å². The quantitative estimate of drug-likeness (QED) is 0.392. The third kappa shape index (κ3) is 6.62. The van der Waals surface area contributed by atoms with Gasteiger partial charge in [0.2, 0.25) is 0 Å². The Bertz CT molecular complexity index is 780. The molecule has 1 N–H and O–H groups in total. The summed E-state index contributed by atoms with van der Waals surface area (Å²) in [5.41, 5.74) is 3.05. The molecular formula is C20H23FN2O4. The van der Waals surface area contributed by atoms with E-state index in [9.17, 15) is 9.18 Å². The highest BCUT2D eigenvalue weighted by Crippen LogP contribution is 2.27. The van der Waals surface area contributed by atoms with Crippen LogP contribution >= 0.6 is 0 Å². The topological polar surface area (TPSA) is 69.2 Å². The summed E-state index contributed by atoms with van der Waals surface area (Å²) in [7, 11) is 1.56. The predicted octanol–water partition coefficient (Wildman–Crippen LogP) is 3.54. The van der Waals surface area contributed by atoms with Crippen LogP contribution in [0.4, 0.5) is 4.39 Å². The first-order valence-electron chi connectivity index (χ1n) is 8.64. The zero-order chi connectivity index (χ0) is 19.5. The molecule has 0 spiro atoms. The Morgan fingerprint density at radius 1 is 1.15 bits per heavy atom. The van der Waals surface area contributed by atoms with Crippen LogP contribution in [0.25, 0.3) is 0 Å². The molecule has 27 heavy (non-hydrogen) atoms. The monoisotopic (exact) mass is 374 g/mol. The average molecular weight is 374 g/mol. The molecule has 144 valence electrons. The van der Waals surface area contributed by atoms with Gasteiger partial charge < -0.3 is 14.2 Å². The summed E-state index contributed by atoms with van der Waals surface area (Å²) < 4.78 is 29.5. The molecule has 0 fully saturated rings. The molecule has 1 amide bonds. The van der Waals surface area contributed by atoms with Crippen molar-refractivity contribution < 1.29 is 23.4 Å². The lowest BCUT2D eigenvalue weighted by atomic mass is 10.2. The molecular weight excluding hydrogens is 351 g/mol. The number of nitrogens with zero attached hydrogens (tertiary/aromatic N) is 1. The third-order valence-corrected chi connectivity index (χ3v) is 3.54. The van der Waals surface area contributed by atoms with E-state index in [1.54, 1.807) is 37.4 Å². The molecule has 0 aliphatic heterocycles. The largest absolute Gasteiger partial charge is 0.493 e. The number of nitrogens with one attached hydrogen (secondary N) is 1. The number of benzene rings is 2. The molecule has 0 aliphatic rings. The second-order valence-corrected chi connectivity index (χ2v) is 5.62. The number of ether oxygens (including phenoxy) is 3. The molecule has 0 aliphatic carbocycles. The van der Waals surface area contributed by atoms with Gasteiger partial charge in [0.05, 0.1) is 19.9 Å². The van der Waals surface area contributed by atoms with Crippen molar-refractivity contribution in [3.8, 4) is 17.2 Å². The fourth-order valence-electron chi connectivity index (χ4n) is 2.13. The zero-order valence-corrected chi connectivity index (χ0v) is 15.4. The number of hydrogen-bond donors (Lipinski definition) is 1. The van der Waals surface area contributed by atoms with Crippen LogP contribution in [-0.4, -0.2) is 32.4 Å². The van der Waals surface area contributed by atoms with E-state index in [2.05, 4.69) is 17.5 Å². The maximum absolute atomic E-state index is 13.4. The third-order valence-electron chi connectivity index (χ3n) is 3.54. The average Bonchev–Trinajstić information content (AvgIpc) is 2.68. The number of hydrogen-bond acceptors (Lipinski definition) is 5. The summed E-state index contributed by atoms with van der Waals surface area (Å²) in [6, 6.07) is 11.2. The standard InChI is InChI=1S/C20H23FN2O4/c1-3-4-11-26-18-10-9-15(12-19(18)25-2)13-22-23-20(24)14-27-17-8-6-5-7-16(17)21/h5-10,12-13H,3-4,11,14H2,1-2H3,(H,23,24)/b22-13-. The Labute approximate surface area is 157 Å². The normalized spacial score (nSPS) is 10.6. The van der Waals surface area contributed by atoms with E-state index in [0.29, 0.717) is 18.1 Å². The molecule has 0 saturated carbocycles. The van der Waals surface area contributed by atoms with Gasteiger partial charge in [-0.1, -0.05) is 25.5 Å². The molecule has 0 aromatic heterocycles. The van der Waals surface area contributed by atoms with Crippen molar-refractivity contribution in [3.05, 3.63) is 53.8 Å². The van der Waals surface area contributed by atoms with Crippen molar-refractivity contribution in [3.63, 3.8) is 0 Å². The van der Waals surface area contributed by atoms with Crippen molar-refractivity contribution in [1.29, 1.82) is 0 Å². The highest BCUT2D eigenvalue weighted by Gasteiger charge is 2.06. The summed E-state index contributed by atoms with van der Waals surface area (Å²) in [5, 5.41) is 3.86. The lowest BCUT2D eigenvalue weighted by Crippen LogP contribution is -2.24. The number of carbonyl (C=O) groups is 1. The molecule has 0 bridgehead atoms. The predicted molar refractivity (Wildman–Crippen MR) is 101 cm³/mol. The highest BCUT2D eigenvalue weighted by atomic mass is 19.1. The van der Waals surface area contributed by atoms with Gasteiger partial charge in [-0.15, -0.1) is 0 Å². The smallest absolute Gasteiger partial charge is 0.277 e. The van der Waals surface area contributed by atoms with E-state index in [1.807, 2.05) is 0 Å². The lowest BCUT2D eigenvalue weighted by molar-refractivity contribution is -0.123. The van der Waals surface area contributed by atoms with Gasteiger partial charge >= 0.3 is 0 Å². The SMILES string of the molecule is CCCCOc1ccc(/C=N\NC(=O)COc2ccccc2F)cc1OC. The molecule has 0 radical (unpaired) electrons. The maximum Gasteiger partial charge on any atom is 0.277 e. The summed E-state index contributed by atoms with van der Waals surface area (Å²) in [4.78, 5) is 11.7. The molecule has 0 unspecified atom stereocenters. The Balaban J connectivity index is 1.85. The number of methoxy groups -OCH3 is 1. The zero-order valence-electron chi connectivity index (χ0n) is 15.4. The molecule has 6 nitrogen and oxygen atoms in total. The van der Waals surface area contributed by atoms with E-state index >= 15 is 0 Å². The van der Waals surface area contributed by atoms with Crippen molar-refractivity contribution in [2.24, 2.45) is 5.10 Å². The van der Waals surface area contributed by atoms with Gasteiger partial charge in [0.1, 0.15) is 0 Å². The van der Waals surface area contributed by atoms with Gasteiger partial charge in [-0.05, 0) is 42.3 Å². The van der Waals surface area contributed by atoms with Crippen LogP contribution in [-0.2, 0) is 4.79 Å². The van der Waals surface area contributed by atoms with Crippen LogP contribution in [0.5, 0.6) is 17.2 Å². The summed E-state index contributed by atoms with van der Waals surface area (Å²) in [6.45, 7) is 2.37. The Hall–Kier alpha value is -3.09. The van der Waals surface area contributed by atoms with Crippen molar-refractivity contribution in [2.45, 2.75) is 19.8 Å². The minimum atomic E-state index is -0.526. The van der Waals surface area contributed by atoms with Crippen LogP contribution in [0.3, 0.4) is 0 Å². The van der Waals surface area contributed by atoms with Gasteiger partial charge in [0.15, 0.2) is 29.7 Å². The van der Waals surface area contributed by atoms with Crippen molar-refractivity contribution in [2.75, 3.05) is 20.3 Å². The first-order chi connectivity index (χ1) is 13.1. The fourth-order valence-corrected chi connectivity index (χ4v) is 2.13. The van der Waals surface area contributed by atoms with Gasteiger partial charge in [-0.2, -0.15) is 5.10 Å². The number of rotatable bonds is 10. The van der Waals surface area contributed by atoms with Crippen LogP contribution in [0.15, 0.2) is 47.6 Å². The van der Waals surface area contributed by atoms with Crippen molar-refractivity contribution >= 4 is 12.1 Å². The Morgan fingerprint density at radius 2 is 1.96 bits per heavy atom. The molecule has 2 aromatic rings. The van der Waals surface area contributed by atoms with Crippen LogP contribution in [0, 0.1) is 5.82 Å². The molecule has 0 atom stereocenters. The van der Waals surface area contributed by atoms with Gasteiger partial charge in [-0.3, -0.25) is 4.79 Å². The van der Waals surface area contributed by atoms with E-state index in [0.717, 1.165) is 18.4 Å². The fraction of sp³-hybridized carbons (Fsp3) is 0.300. The minimum absolute atomic E-state index is 0.0139. The highest BCUT2D eigenvalue weighted by molar-refractivity contribution is 5.83. The van der Waals surface area contributed by atoms with E-state index < -0.39 is 11.7 Å². The number of unbranched alkanes of at least 4 members (excludes halogenated alkanes) is 1. The summed E-state index contributed by atoms with van der Waals surface area (Å²) in [5.74, 6) is 0.234. The maximum atomic E-state index is 13.4. The van der Waals surface area contributed by atoms with Crippen LogP contribution in [0.2, 0.25) is 0 Å². The number of hydrazone groups is 1. The minimum Gasteiger partial charge on any atom is -0.493 e. The first kappa shape index (κ1) is 20.2. The number of carbonyl (C=O) groups excluding carboxylic acids is 1. The molecule has 0 heterocycles. The molecule has 7 heteroatoms. The number of amides is 1. The van der Waals surface area contributed by atoms with Crippen molar-refractivity contribution in [1.82, 2.24) is 5.43 Å². The van der Waals surface area contributed by atoms with E-state index in [-0.39, 0.29) is 12.4 Å². The van der Waals surface area contributed by atoms with Gasteiger partial charge in [-0.25, -0.2) is 9.82 Å². The molecule has 0 saturated heterocycles. The number of para-hydroxylation sites is 1. The van der Waals surface area contributed by atoms with Crippen LogP contribution < -0.4 is 19.6 Å². The Kier molecular flexibility index (Phi) is 8.09. The second-order valence-electron chi connectivity index (χ2n) is 5.62. The summed E-state index contributed by atoms with van der Waals surface area (Å²) in [6.07, 6.45) is 3.49. The molecule has 2 rings (SSSR count). The second kappa shape index (κ2) is 10.8. The Morgan fingerprint density at radius 3 is 2.70 bits per heavy atom. The first-order valence-corrected chi connectivity index (χ1v) is 8.64. The van der Waals surface area contributed by atoms with Crippen LogP contribution in [0.1, 0.15) is 25.3 Å². The number of halogens is 1. The van der Waals surface area contributed by atoms with E-state index in [1.165, 1.54) is 18.3 Å². The van der Waals surface area contributed by atoms with Gasteiger partial charge in [0, 0.05) is 0 Å².